The average molecular weight is 256 g/mol. The van der Waals surface area contributed by atoms with Crippen LogP contribution in [0.25, 0.3) is 5.69 Å². The van der Waals surface area contributed by atoms with Crippen LogP contribution in [0.2, 0.25) is 0 Å². The third-order valence-electron chi connectivity index (χ3n) is 4.04. The quantitative estimate of drug-likeness (QED) is 0.653. The number of rotatable bonds is 4. The van der Waals surface area contributed by atoms with Crippen LogP contribution < -0.4 is 11.3 Å². The van der Waals surface area contributed by atoms with E-state index in [9.17, 15) is 0 Å². The van der Waals surface area contributed by atoms with E-state index in [-0.39, 0.29) is 6.04 Å². The minimum atomic E-state index is 0.185. The Morgan fingerprint density at radius 1 is 1.16 bits per heavy atom. The third kappa shape index (κ3) is 2.41. The van der Waals surface area contributed by atoms with E-state index >= 15 is 0 Å². The van der Waals surface area contributed by atoms with Gasteiger partial charge in [0.05, 0.1) is 17.4 Å². The summed E-state index contributed by atoms with van der Waals surface area (Å²) in [5.74, 6) is 6.41. The van der Waals surface area contributed by atoms with Crippen molar-refractivity contribution in [3.8, 4) is 5.69 Å². The zero-order valence-electron chi connectivity index (χ0n) is 11.0. The zero-order valence-corrected chi connectivity index (χ0v) is 11.0. The first kappa shape index (κ1) is 12.4. The van der Waals surface area contributed by atoms with Crippen LogP contribution in [0.4, 0.5) is 0 Å². The lowest BCUT2D eigenvalue weighted by Gasteiger charge is -2.23. The summed E-state index contributed by atoms with van der Waals surface area (Å²) in [5, 5.41) is 4.45. The molecule has 3 rings (SSSR count). The summed E-state index contributed by atoms with van der Waals surface area (Å²) in [4.78, 5) is 0. The van der Waals surface area contributed by atoms with Crippen molar-refractivity contribution in [2.45, 2.75) is 31.7 Å². The van der Waals surface area contributed by atoms with Gasteiger partial charge in [-0.25, -0.2) is 4.68 Å². The molecule has 2 aromatic rings. The summed E-state index contributed by atoms with van der Waals surface area (Å²) < 4.78 is 1.99. The highest BCUT2D eigenvalue weighted by Crippen LogP contribution is 2.35. The van der Waals surface area contributed by atoms with Gasteiger partial charge in [0.15, 0.2) is 0 Å². The molecule has 1 aliphatic rings. The van der Waals surface area contributed by atoms with E-state index in [4.69, 9.17) is 5.84 Å². The molecule has 4 heteroatoms. The number of nitrogens with two attached hydrogens (primary N) is 1. The van der Waals surface area contributed by atoms with E-state index in [2.05, 4.69) is 28.7 Å². The van der Waals surface area contributed by atoms with E-state index in [1.165, 1.54) is 25.7 Å². The maximum atomic E-state index is 5.80. The first-order chi connectivity index (χ1) is 9.40. The Labute approximate surface area is 113 Å². The second-order valence-corrected chi connectivity index (χ2v) is 5.19. The summed E-state index contributed by atoms with van der Waals surface area (Å²) in [6.07, 6.45) is 6.95. The summed E-state index contributed by atoms with van der Waals surface area (Å²) in [6.45, 7) is 0. The molecule has 0 bridgehead atoms. The van der Waals surface area contributed by atoms with Gasteiger partial charge in [-0.15, -0.1) is 0 Å². The highest BCUT2D eigenvalue weighted by Gasteiger charge is 2.28. The zero-order chi connectivity index (χ0) is 13.1. The molecule has 19 heavy (non-hydrogen) atoms. The molecular formula is C15H20N4. The third-order valence-corrected chi connectivity index (χ3v) is 4.04. The lowest BCUT2D eigenvalue weighted by Crippen LogP contribution is -2.34. The van der Waals surface area contributed by atoms with Crippen molar-refractivity contribution in [1.29, 1.82) is 0 Å². The number of nitrogens with zero attached hydrogens (tertiary/aromatic N) is 2. The molecule has 0 saturated heterocycles. The van der Waals surface area contributed by atoms with Crippen LogP contribution in [0.1, 0.15) is 37.4 Å². The molecule has 1 fully saturated rings. The second-order valence-electron chi connectivity index (χ2n) is 5.19. The van der Waals surface area contributed by atoms with Gasteiger partial charge in [0.25, 0.3) is 0 Å². The number of benzene rings is 1. The van der Waals surface area contributed by atoms with Crippen molar-refractivity contribution in [3.05, 3.63) is 48.3 Å². The molecule has 0 radical (unpaired) electrons. The first-order valence-corrected chi connectivity index (χ1v) is 6.95. The highest BCUT2D eigenvalue weighted by molar-refractivity contribution is 5.33. The number of hydrazine groups is 1. The Hall–Kier alpha value is -1.65. The number of hydrogen-bond donors (Lipinski definition) is 2. The molecule has 4 nitrogen and oxygen atoms in total. The van der Waals surface area contributed by atoms with Gasteiger partial charge in [-0.1, -0.05) is 31.0 Å². The van der Waals surface area contributed by atoms with Crippen LogP contribution >= 0.6 is 0 Å². The van der Waals surface area contributed by atoms with Crippen molar-refractivity contribution < 1.29 is 0 Å². The Morgan fingerprint density at radius 3 is 2.58 bits per heavy atom. The smallest absolute Gasteiger partial charge is 0.0661 e. The molecule has 0 spiro atoms. The second kappa shape index (κ2) is 5.55. The van der Waals surface area contributed by atoms with Crippen LogP contribution in [0.3, 0.4) is 0 Å². The minimum absolute atomic E-state index is 0.185. The fourth-order valence-corrected chi connectivity index (χ4v) is 3.09. The normalized spacial score (nSPS) is 17.7. The average Bonchev–Trinajstić information content (AvgIpc) is 3.12. The summed E-state index contributed by atoms with van der Waals surface area (Å²) in [7, 11) is 0. The van der Waals surface area contributed by atoms with Crippen molar-refractivity contribution >= 4 is 0 Å². The molecule has 0 amide bonds. The van der Waals surface area contributed by atoms with E-state index in [1.807, 2.05) is 29.1 Å². The summed E-state index contributed by atoms with van der Waals surface area (Å²) in [6, 6.07) is 12.5. The molecule has 1 atom stereocenters. The predicted molar refractivity (Wildman–Crippen MR) is 75.6 cm³/mol. The first-order valence-electron chi connectivity index (χ1n) is 6.95. The van der Waals surface area contributed by atoms with Crippen molar-refractivity contribution in [2.24, 2.45) is 11.8 Å². The Balaban J connectivity index is 1.94. The van der Waals surface area contributed by atoms with Gasteiger partial charge in [0, 0.05) is 6.20 Å². The van der Waals surface area contributed by atoms with E-state index < -0.39 is 0 Å². The molecule has 1 heterocycles. The molecule has 3 N–H and O–H groups in total. The molecule has 0 aliphatic heterocycles. The SMILES string of the molecule is NNC(c1ccnn1-c1ccccc1)C1CCCC1. The predicted octanol–water partition coefficient (Wildman–Crippen LogP) is 2.57. The Kier molecular flexibility index (Phi) is 3.62. The van der Waals surface area contributed by atoms with Crippen molar-refractivity contribution in [1.82, 2.24) is 15.2 Å². The van der Waals surface area contributed by atoms with E-state index in [1.54, 1.807) is 0 Å². The van der Waals surface area contributed by atoms with E-state index in [0.717, 1.165) is 11.4 Å². The molecule has 1 saturated carbocycles. The van der Waals surface area contributed by atoms with Gasteiger partial charge in [0.2, 0.25) is 0 Å². The van der Waals surface area contributed by atoms with Gasteiger partial charge in [0.1, 0.15) is 0 Å². The standard InChI is InChI=1S/C15H20N4/c16-18-15(12-6-4-5-7-12)14-10-11-17-19(14)13-8-2-1-3-9-13/h1-3,8-12,15,18H,4-7,16H2. The van der Waals surface area contributed by atoms with Gasteiger partial charge < -0.3 is 0 Å². The Morgan fingerprint density at radius 2 is 1.89 bits per heavy atom. The van der Waals surface area contributed by atoms with Crippen LogP contribution in [-0.4, -0.2) is 9.78 Å². The van der Waals surface area contributed by atoms with Crippen LogP contribution in [0.15, 0.2) is 42.6 Å². The minimum Gasteiger partial charge on any atom is -0.271 e. The molecule has 1 aliphatic carbocycles. The van der Waals surface area contributed by atoms with Crippen LogP contribution in [0.5, 0.6) is 0 Å². The van der Waals surface area contributed by atoms with Gasteiger partial charge in [-0.05, 0) is 37.0 Å². The fraction of sp³-hybridized carbons (Fsp3) is 0.400. The summed E-state index contributed by atoms with van der Waals surface area (Å²) >= 11 is 0. The molecule has 1 unspecified atom stereocenters. The molecule has 1 aromatic heterocycles. The number of para-hydroxylation sites is 1. The molecule has 1 aromatic carbocycles. The topological polar surface area (TPSA) is 55.9 Å². The lowest BCUT2D eigenvalue weighted by atomic mass is 9.96. The summed E-state index contributed by atoms with van der Waals surface area (Å²) in [5.41, 5.74) is 5.23. The van der Waals surface area contributed by atoms with Gasteiger partial charge in [-0.3, -0.25) is 11.3 Å². The number of nitrogens with one attached hydrogen (secondary N) is 1. The largest absolute Gasteiger partial charge is 0.271 e. The molecular weight excluding hydrogens is 236 g/mol. The van der Waals surface area contributed by atoms with Crippen LogP contribution in [-0.2, 0) is 0 Å². The van der Waals surface area contributed by atoms with Crippen molar-refractivity contribution in [3.63, 3.8) is 0 Å². The van der Waals surface area contributed by atoms with Gasteiger partial charge in [-0.2, -0.15) is 5.10 Å². The lowest BCUT2D eigenvalue weighted by molar-refractivity contribution is 0.360. The van der Waals surface area contributed by atoms with E-state index in [0.29, 0.717) is 5.92 Å². The molecule has 100 valence electrons. The fourth-order valence-electron chi connectivity index (χ4n) is 3.09. The van der Waals surface area contributed by atoms with Gasteiger partial charge >= 0.3 is 0 Å². The Bertz CT molecular complexity index is 514. The maximum absolute atomic E-state index is 5.80. The monoisotopic (exact) mass is 256 g/mol. The highest BCUT2D eigenvalue weighted by atomic mass is 15.3. The number of aromatic nitrogens is 2. The maximum Gasteiger partial charge on any atom is 0.0661 e. The number of hydrogen-bond acceptors (Lipinski definition) is 3. The van der Waals surface area contributed by atoms with Crippen molar-refractivity contribution in [2.75, 3.05) is 0 Å². The van der Waals surface area contributed by atoms with Crippen LogP contribution in [0, 0.1) is 5.92 Å².